The largest absolute Gasteiger partial charge is 0.462 e. The van der Waals surface area contributed by atoms with Gasteiger partial charge in [-0.2, -0.15) is 0 Å². The molecule has 158 valence electrons. The molecule has 0 saturated heterocycles. The van der Waals surface area contributed by atoms with Crippen LogP contribution in [0.3, 0.4) is 0 Å². The predicted molar refractivity (Wildman–Crippen MR) is 124 cm³/mol. The first-order valence-corrected chi connectivity index (χ1v) is 10.9. The molecule has 6 heteroatoms. The van der Waals surface area contributed by atoms with Gasteiger partial charge in [-0.3, -0.25) is 4.79 Å². The molecule has 1 amide bonds. The first-order valence-electron chi connectivity index (χ1n) is 10.1. The van der Waals surface area contributed by atoms with Gasteiger partial charge < -0.3 is 14.5 Å². The SMILES string of the molecule is CCOC(=O)c1c(-c2ccc(C)cc2)csc1NC(=O)c1oc2ccc(C)cc2c1C. The minimum atomic E-state index is -0.466. The van der Waals surface area contributed by atoms with Crippen molar-refractivity contribution in [2.75, 3.05) is 11.9 Å². The van der Waals surface area contributed by atoms with Gasteiger partial charge in [-0.05, 0) is 45.4 Å². The van der Waals surface area contributed by atoms with Crippen LogP contribution >= 0.6 is 11.3 Å². The van der Waals surface area contributed by atoms with Gasteiger partial charge in [0.2, 0.25) is 0 Å². The monoisotopic (exact) mass is 433 g/mol. The Morgan fingerprint density at radius 2 is 1.74 bits per heavy atom. The van der Waals surface area contributed by atoms with Crippen molar-refractivity contribution in [1.82, 2.24) is 0 Å². The summed E-state index contributed by atoms with van der Waals surface area (Å²) in [5.41, 5.74) is 5.62. The van der Waals surface area contributed by atoms with E-state index in [4.69, 9.17) is 9.15 Å². The Balaban J connectivity index is 1.73. The summed E-state index contributed by atoms with van der Waals surface area (Å²) >= 11 is 1.29. The molecule has 5 nitrogen and oxygen atoms in total. The second-order valence-corrected chi connectivity index (χ2v) is 8.33. The third kappa shape index (κ3) is 3.99. The van der Waals surface area contributed by atoms with Crippen LogP contribution in [0.4, 0.5) is 5.00 Å². The molecule has 0 fully saturated rings. The van der Waals surface area contributed by atoms with Crippen molar-refractivity contribution in [3.05, 3.63) is 75.9 Å². The molecule has 4 rings (SSSR count). The summed E-state index contributed by atoms with van der Waals surface area (Å²) in [6.45, 7) is 7.87. The number of hydrogen-bond acceptors (Lipinski definition) is 5. The summed E-state index contributed by atoms with van der Waals surface area (Å²) in [7, 11) is 0. The Morgan fingerprint density at radius 3 is 2.45 bits per heavy atom. The lowest BCUT2D eigenvalue weighted by Gasteiger charge is -2.08. The maximum Gasteiger partial charge on any atom is 0.341 e. The summed E-state index contributed by atoms with van der Waals surface area (Å²) in [4.78, 5) is 25.8. The number of ether oxygens (including phenoxy) is 1. The molecule has 0 unspecified atom stereocenters. The summed E-state index contributed by atoms with van der Waals surface area (Å²) < 4.78 is 11.1. The van der Waals surface area contributed by atoms with Crippen LogP contribution in [0, 0.1) is 20.8 Å². The van der Waals surface area contributed by atoms with Crippen molar-refractivity contribution in [3.8, 4) is 11.1 Å². The number of thiophene rings is 1. The summed E-state index contributed by atoms with van der Waals surface area (Å²) in [6, 6.07) is 13.7. The molecule has 1 N–H and O–H groups in total. The average Bonchev–Trinajstić information content (AvgIpc) is 3.30. The topological polar surface area (TPSA) is 68.5 Å². The van der Waals surface area contributed by atoms with Gasteiger partial charge in [0, 0.05) is 21.9 Å². The van der Waals surface area contributed by atoms with E-state index in [9.17, 15) is 9.59 Å². The maximum atomic E-state index is 13.1. The third-order valence-electron chi connectivity index (χ3n) is 5.16. The molecule has 0 saturated carbocycles. The number of fused-ring (bicyclic) bond motifs is 1. The van der Waals surface area contributed by atoms with Gasteiger partial charge >= 0.3 is 5.97 Å². The van der Waals surface area contributed by atoms with Crippen LogP contribution in [0.5, 0.6) is 0 Å². The minimum Gasteiger partial charge on any atom is -0.462 e. The van der Waals surface area contributed by atoms with Gasteiger partial charge in [0.15, 0.2) is 5.76 Å². The molecule has 0 bridgehead atoms. The lowest BCUT2D eigenvalue weighted by atomic mass is 10.0. The number of carbonyl (C=O) groups excluding carboxylic acids is 2. The van der Waals surface area contributed by atoms with Gasteiger partial charge in [-0.15, -0.1) is 11.3 Å². The number of nitrogens with one attached hydrogen (secondary N) is 1. The fourth-order valence-corrected chi connectivity index (χ4v) is 4.47. The number of benzene rings is 2. The predicted octanol–water partition coefficient (Wildman–Crippen LogP) is 6.52. The lowest BCUT2D eigenvalue weighted by molar-refractivity contribution is 0.0529. The zero-order valence-corrected chi connectivity index (χ0v) is 18.7. The van der Waals surface area contributed by atoms with Crippen LogP contribution in [-0.2, 0) is 4.74 Å². The number of esters is 1. The fourth-order valence-electron chi connectivity index (χ4n) is 3.51. The van der Waals surface area contributed by atoms with Gasteiger partial charge in [0.05, 0.1) is 6.61 Å². The zero-order valence-electron chi connectivity index (χ0n) is 17.9. The fraction of sp³-hybridized carbons (Fsp3) is 0.200. The van der Waals surface area contributed by atoms with E-state index in [-0.39, 0.29) is 12.4 Å². The average molecular weight is 434 g/mol. The van der Waals surface area contributed by atoms with E-state index in [2.05, 4.69) is 5.32 Å². The Hall–Kier alpha value is -3.38. The van der Waals surface area contributed by atoms with Crippen LogP contribution in [0.2, 0.25) is 0 Å². The molecule has 31 heavy (non-hydrogen) atoms. The van der Waals surface area contributed by atoms with Crippen molar-refractivity contribution in [2.45, 2.75) is 27.7 Å². The number of carbonyl (C=O) groups is 2. The van der Waals surface area contributed by atoms with Crippen molar-refractivity contribution in [3.63, 3.8) is 0 Å². The standard InChI is InChI=1S/C25H23NO4S/c1-5-29-25(28)21-19(17-9-6-14(2)7-10-17)13-31-24(21)26-23(27)22-16(4)18-12-15(3)8-11-20(18)30-22/h6-13H,5H2,1-4H3,(H,26,27). The molecular formula is C25H23NO4S. The van der Waals surface area contributed by atoms with E-state index >= 15 is 0 Å². The maximum absolute atomic E-state index is 13.1. The minimum absolute atomic E-state index is 0.237. The van der Waals surface area contributed by atoms with Crippen LogP contribution in [0.1, 0.15) is 44.5 Å². The normalized spacial score (nSPS) is 11.0. The van der Waals surface area contributed by atoms with Gasteiger partial charge in [0.25, 0.3) is 5.91 Å². The van der Waals surface area contributed by atoms with Crippen molar-refractivity contribution in [1.29, 1.82) is 0 Å². The number of aryl methyl sites for hydroxylation is 3. The van der Waals surface area contributed by atoms with E-state index < -0.39 is 11.9 Å². The Kier molecular flexibility index (Phi) is 5.65. The van der Waals surface area contributed by atoms with E-state index in [1.54, 1.807) is 6.92 Å². The lowest BCUT2D eigenvalue weighted by Crippen LogP contribution is -2.15. The molecule has 0 aliphatic rings. The highest BCUT2D eigenvalue weighted by atomic mass is 32.1. The highest BCUT2D eigenvalue weighted by Crippen LogP contribution is 2.37. The zero-order chi connectivity index (χ0) is 22.1. The molecule has 4 aromatic rings. The second kappa shape index (κ2) is 8.40. The number of anilines is 1. The smallest absolute Gasteiger partial charge is 0.341 e. The molecule has 0 radical (unpaired) electrons. The molecule has 0 aliphatic heterocycles. The van der Waals surface area contributed by atoms with Crippen LogP contribution in [0.25, 0.3) is 22.1 Å². The second-order valence-electron chi connectivity index (χ2n) is 7.45. The Bertz CT molecular complexity index is 1280. The highest BCUT2D eigenvalue weighted by Gasteiger charge is 2.25. The molecule has 2 aromatic heterocycles. The summed E-state index contributed by atoms with van der Waals surface area (Å²) in [5.74, 6) is -0.624. The number of furan rings is 1. The van der Waals surface area contributed by atoms with E-state index in [1.807, 2.05) is 68.6 Å². The van der Waals surface area contributed by atoms with Gasteiger partial charge in [-0.25, -0.2) is 4.79 Å². The van der Waals surface area contributed by atoms with Crippen LogP contribution in [0.15, 0.2) is 52.3 Å². The molecular weight excluding hydrogens is 410 g/mol. The molecule has 0 aliphatic carbocycles. The van der Waals surface area contributed by atoms with Crippen LogP contribution in [-0.4, -0.2) is 18.5 Å². The van der Waals surface area contributed by atoms with Crippen LogP contribution < -0.4 is 5.32 Å². The van der Waals surface area contributed by atoms with E-state index in [0.717, 1.165) is 33.2 Å². The first kappa shape index (κ1) is 20.9. The van der Waals surface area contributed by atoms with Gasteiger partial charge in [-0.1, -0.05) is 41.5 Å². The number of rotatable bonds is 5. The number of hydrogen-bond donors (Lipinski definition) is 1. The molecule has 2 aromatic carbocycles. The van der Waals surface area contributed by atoms with Crippen molar-refractivity contribution < 1.29 is 18.7 Å². The quantitative estimate of drug-likeness (QED) is 0.364. The first-order chi connectivity index (χ1) is 14.9. The Morgan fingerprint density at radius 1 is 1.03 bits per heavy atom. The van der Waals surface area contributed by atoms with Crippen molar-refractivity contribution >= 4 is 39.2 Å². The highest BCUT2D eigenvalue weighted by molar-refractivity contribution is 7.15. The van der Waals surface area contributed by atoms with Gasteiger partial charge in [0.1, 0.15) is 16.1 Å². The molecule has 2 heterocycles. The summed E-state index contributed by atoms with van der Waals surface area (Å²) in [6.07, 6.45) is 0. The Labute approximate surface area is 184 Å². The van der Waals surface area contributed by atoms with E-state index in [1.165, 1.54) is 11.3 Å². The molecule has 0 spiro atoms. The third-order valence-corrected chi connectivity index (χ3v) is 6.05. The molecule has 0 atom stereocenters. The number of amides is 1. The van der Waals surface area contributed by atoms with E-state index in [0.29, 0.717) is 16.1 Å². The summed E-state index contributed by atoms with van der Waals surface area (Å²) in [5, 5.41) is 6.08. The van der Waals surface area contributed by atoms with Crippen molar-refractivity contribution in [2.24, 2.45) is 0 Å².